The maximum Gasteiger partial charge on any atom is 0.488 e. The molecule has 0 spiro atoms. The summed E-state index contributed by atoms with van der Waals surface area (Å²) in [5, 5.41) is 18.4. The molecule has 0 amide bonds. The van der Waals surface area contributed by atoms with E-state index in [-0.39, 0.29) is 2.85 Å². The lowest BCUT2D eigenvalue weighted by Gasteiger charge is -2.14. The smallest absolute Gasteiger partial charge is 0.488 e. The highest BCUT2D eigenvalue weighted by Gasteiger charge is 2.14. The van der Waals surface area contributed by atoms with Gasteiger partial charge in [0, 0.05) is 2.85 Å². The molecule has 0 radical (unpaired) electrons. The molecule has 2 rings (SSSR count). The Hall–Kier alpha value is -1.78. The SMILES string of the molecule is Cc1cc(B(O)O)cc(C)c1OCc1ccccc1.[HH].[HH]. The van der Waals surface area contributed by atoms with Gasteiger partial charge < -0.3 is 14.8 Å². The molecule has 2 aromatic rings. The molecule has 19 heavy (non-hydrogen) atoms. The summed E-state index contributed by atoms with van der Waals surface area (Å²) >= 11 is 0. The number of hydrogen-bond acceptors (Lipinski definition) is 3. The van der Waals surface area contributed by atoms with Crippen molar-refractivity contribution in [2.24, 2.45) is 0 Å². The van der Waals surface area contributed by atoms with Gasteiger partial charge in [-0.1, -0.05) is 42.5 Å². The monoisotopic (exact) mass is 260 g/mol. The van der Waals surface area contributed by atoms with Crippen LogP contribution in [-0.4, -0.2) is 17.2 Å². The first kappa shape index (κ1) is 13.7. The molecule has 0 aliphatic carbocycles. The fourth-order valence-corrected chi connectivity index (χ4v) is 2.09. The van der Waals surface area contributed by atoms with Gasteiger partial charge in [0.15, 0.2) is 0 Å². The minimum Gasteiger partial charge on any atom is -0.488 e. The predicted molar refractivity (Wildman–Crippen MR) is 80.7 cm³/mol. The summed E-state index contributed by atoms with van der Waals surface area (Å²) < 4.78 is 5.83. The van der Waals surface area contributed by atoms with Crippen molar-refractivity contribution in [3.8, 4) is 5.75 Å². The van der Waals surface area contributed by atoms with E-state index >= 15 is 0 Å². The van der Waals surface area contributed by atoms with Crippen LogP contribution in [0.3, 0.4) is 0 Å². The van der Waals surface area contributed by atoms with Crippen molar-refractivity contribution < 1.29 is 17.6 Å². The molecule has 102 valence electrons. The van der Waals surface area contributed by atoms with Crippen molar-refractivity contribution >= 4 is 12.6 Å². The molecule has 0 bridgehead atoms. The van der Waals surface area contributed by atoms with Crippen LogP contribution < -0.4 is 10.2 Å². The van der Waals surface area contributed by atoms with E-state index in [9.17, 15) is 10.0 Å². The van der Waals surface area contributed by atoms with E-state index in [1.54, 1.807) is 12.1 Å². The van der Waals surface area contributed by atoms with Crippen LogP contribution in [0.2, 0.25) is 0 Å². The van der Waals surface area contributed by atoms with Crippen molar-refractivity contribution in [3.63, 3.8) is 0 Å². The average molecular weight is 260 g/mol. The molecule has 0 aliphatic rings. The van der Waals surface area contributed by atoms with Gasteiger partial charge in [-0.15, -0.1) is 0 Å². The highest BCUT2D eigenvalue weighted by atomic mass is 16.5. The summed E-state index contributed by atoms with van der Waals surface area (Å²) in [6.45, 7) is 4.31. The molecular weight excluding hydrogens is 239 g/mol. The largest absolute Gasteiger partial charge is 0.488 e. The van der Waals surface area contributed by atoms with Crippen molar-refractivity contribution in [3.05, 3.63) is 59.2 Å². The highest BCUT2D eigenvalue weighted by Crippen LogP contribution is 2.22. The third-order valence-electron chi connectivity index (χ3n) is 3.01. The van der Waals surface area contributed by atoms with Crippen molar-refractivity contribution in [2.75, 3.05) is 0 Å². The molecule has 4 heteroatoms. The zero-order valence-corrected chi connectivity index (χ0v) is 11.1. The van der Waals surface area contributed by atoms with Crippen LogP contribution in [0.15, 0.2) is 42.5 Å². The van der Waals surface area contributed by atoms with Gasteiger partial charge in [-0.2, -0.15) is 0 Å². The molecule has 2 aromatic carbocycles. The Kier molecular flexibility index (Phi) is 4.25. The lowest BCUT2D eigenvalue weighted by atomic mass is 9.78. The summed E-state index contributed by atoms with van der Waals surface area (Å²) in [7, 11) is -1.44. The van der Waals surface area contributed by atoms with Crippen LogP contribution in [0.1, 0.15) is 19.5 Å². The van der Waals surface area contributed by atoms with Crippen molar-refractivity contribution in [1.29, 1.82) is 0 Å². The van der Waals surface area contributed by atoms with Gasteiger partial charge >= 0.3 is 7.12 Å². The maximum absolute atomic E-state index is 9.19. The first-order chi connectivity index (χ1) is 9.08. The molecule has 0 saturated heterocycles. The third kappa shape index (κ3) is 3.37. The van der Waals surface area contributed by atoms with Crippen LogP contribution >= 0.6 is 0 Å². The molecule has 2 N–H and O–H groups in total. The van der Waals surface area contributed by atoms with E-state index in [1.165, 1.54) is 0 Å². The van der Waals surface area contributed by atoms with E-state index in [4.69, 9.17) is 4.74 Å². The quantitative estimate of drug-likeness (QED) is 0.827. The lowest BCUT2D eigenvalue weighted by molar-refractivity contribution is 0.302. The Morgan fingerprint density at radius 1 is 1.05 bits per heavy atom. The minimum atomic E-state index is -1.44. The fourth-order valence-electron chi connectivity index (χ4n) is 2.09. The summed E-state index contributed by atoms with van der Waals surface area (Å²) in [5.41, 5.74) is 3.40. The molecule has 0 unspecified atom stereocenters. The van der Waals surface area contributed by atoms with Gasteiger partial charge in [0.1, 0.15) is 12.4 Å². The average Bonchev–Trinajstić information content (AvgIpc) is 2.38. The Balaban J connectivity index is 0.00000200. The second-order valence-electron chi connectivity index (χ2n) is 4.63. The molecule has 0 aliphatic heterocycles. The third-order valence-corrected chi connectivity index (χ3v) is 3.01. The summed E-state index contributed by atoms with van der Waals surface area (Å²) in [5.74, 6) is 0.799. The Morgan fingerprint density at radius 2 is 1.63 bits per heavy atom. The number of hydrogen-bond donors (Lipinski definition) is 2. The van der Waals surface area contributed by atoms with Gasteiger partial charge in [0.2, 0.25) is 0 Å². The Bertz CT molecular complexity index is 539. The van der Waals surface area contributed by atoms with Crippen LogP contribution in [-0.2, 0) is 6.61 Å². The molecule has 3 nitrogen and oxygen atoms in total. The fraction of sp³-hybridized carbons (Fsp3) is 0.200. The van der Waals surface area contributed by atoms with Crippen LogP contribution in [0, 0.1) is 13.8 Å². The zero-order valence-electron chi connectivity index (χ0n) is 11.1. The summed E-state index contributed by atoms with van der Waals surface area (Å²) in [6, 6.07) is 13.4. The van der Waals surface area contributed by atoms with Gasteiger partial charge in [-0.05, 0) is 36.0 Å². The van der Waals surface area contributed by atoms with Gasteiger partial charge in [0.05, 0.1) is 0 Å². The van der Waals surface area contributed by atoms with Crippen molar-refractivity contribution in [1.82, 2.24) is 0 Å². The van der Waals surface area contributed by atoms with Gasteiger partial charge in [-0.25, -0.2) is 0 Å². The number of ether oxygens (including phenoxy) is 1. The Morgan fingerprint density at radius 3 is 2.16 bits per heavy atom. The normalized spacial score (nSPS) is 10.3. The summed E-state index contributed by atoms with van der Waals surface area (Å²) in [4.78, 5) is 0. The maximum atomic E-state index is 9.19. The topological polar surface area (TPSA) is 49.7 Å². The number of aryl methyl sites for hydroxylation is 2. The Labute approximate surface area is 116 Å². The minimum absolute atomic E-state index is 0. The lowest BCUT2D eigenvalue weighted by Crippen LogP contribution is -2.30. The number of rotatable bonds is 4. The second-order valence-corrected chi connectivity index (χ2v) is 4.63. The first-order valence-electron chi connectivity index (χ1n) is 6.22. The zero-order chi connectivity index (χ0) is 13.8. The van der Waals surface area contributed by atoms with E-state index in [2.05, 4.69) is 0 Å². The second kappa shape index (κ2) is 5.91. The van der Waals surface area contributed by atoms with Gasteiger partial charge in [0.25, 0.3) is 0 Å². The molecule has 0 saturated carbocycles. The predicted octanol–water partition coefficient (Wildman–Crippen LogP) is 2.05. The number of benzene rings is 2. The van der Waals surface area contributed by atoms with E-state index in [1.807, 2.05) is 44.2 Å². The van der Waals surface area contributed by atoms with Crippen molar-refractivity contribution in [2.45, 2.75) is 20.5 Å². The summed E-state index contributed by atoms with van der Waals surface area (Å²) in [6.07, 6.45) is 0. The molecular formula is C15H21BO3. The van der Waals surface area contributed by atoms with E-state index < -0.39 is 7.12 Å². The highest BCUT2D eigenvalue weighted by molar-refractivity contribution is 6.58. The van der Waals surface area contributed by atoms with Crippen LogP contribution in [0.4, 0.5) is 0 Å². The van der Waals surface area contributed by atoms with E-state index in [0.717, 1.165) is 22.4 Å². The molecule has 0 heterocycles. The van der Waals surface area contributed by atoms with Gasteiger partial charge in [-0.3, -0.25) is 0 Å². The molecule has 0 aromatic heterocycles. The first-order valence-corrected chi connectivity index (χ1v) is 6.22. The van der Waals surface area contributed by atoms with Crippen LogP contribution in [0.5, 0.6) is 5.75 Å². The van der Waals surface area contributed by atoms with Crippen LogP contribution in [0.25, 0.3) is 0 Å². The molecule has 0 atom stereocenters. The standard InChI is InChI=1S/C15H17BO3.2H2/c1-11-8-14(16(17)18)9-12(2)15(11)19-10-13-6-4-3-5-7-13;;/h3-9,17-18H,10H2,1-2H3;2*1H. The van der Waals surface area contributed by atoms with E-state index in [0.29, 0.717) is 12.1 Å². The molecule has 0 fully saturated rings.